The average Bonchev–Trinajstić information content (AvgIpc) is 1.66. The summed E-state index contributed by atoms with van der Waals surface area (Å²) in [6, 6.07) is 0. The van der Waals surface area contributed by atoms with Crippen LogP contribution in [0.3, 0.4) is 0 Å². The Morgan fingerprint density at radius 1 is 1.00 bits per heavy atom. The Hall–Kier alpha value is 0.424. The SMILES string of the molecule is C=C([CH2-])C.C=C([CH2-])C.[C-]#N.[Cu+].[Li+].[Li+]. The van der Waals surface area contributed by atoms with Crippen molar-refractivity contribution in [3.05, 3.63) is 44.7 Å². The van der Waals surface area contributed by atoms with Crippen LogP contribution >= 0.6 is 0 Å². The van der Waals surface area contributed by atoms with Crippen LogP contribution in [0.25, 0.3) is 0 Å². The summed E-state index contributed by atoms with van der Waals surface area (Å²) in [6.45, 7) is 22.2. The first-order valence-electron chi connectivity index (χ1n) is 2.64. The van der Waals surface area contributed by atoms with Crippen LogP contribution in [0.15, 0.2) is 24.3 Å². The minimum Gasteiger partial charge on any atom is -0.512 e. The van der Waals surface area contributed by atoms with E-state index >= 15 is 0 Å². The molecule has 0 heterocycles. The molecule has 0 atom stereocenters. The van der Waals surface area contributed by atoms with Crippen molar-refractivity contribution in [1.29, 1.82) is 5.26 Å². The second-order valence-corrected chi connectivity index (χ2v) is 1.91. The van der Waals surface area contributed by atoms with E-state index in [2.05, 4.69) is 27.0 Å². The molecule has 0 aromatic rings. The van der Waals surface area contributed by atoms with Crippen LogP contribution < -0.4 is 37.7 Å². The maximum atomic E-state index is 6.25. The molecule has 0 aromatic carbocycles. The fraction of sp³-hybridized carbons (Fsp3) is 0.222. The third kappa shape index (κ3) is 7500. The Balaban J connectivity index is -0.0000000133. The van der Waals surface area contributed by atoms with E-state index in [4.69, 9.17) is 11.8 Å². The Bertz CT molecular complexity index is 102. The molecule has 0 aromatic heterocycles. The third-order valence-electron chi connectivity index (χ3n) is 0. The molecule has 0 radical (unpaired) electrons. The Morgan fingerprint density at radius 3 is 1.00 bits per heavy atom. The molecule has 68 valence electrons. The minimum absolute atomic E-state index is 0. The van der Waals surface area contributed by atoms with Gasteiger partial charge in [-0.25, -0.2) is 38.2 Å². The number of hydrogen-bond donors (Lipinski definition) is 0. The van der Waals surface area contributed by atoms with Crippen LogP contribution in [-0.2, 0) is 17.1 Å². The molecule has 4 heteroatoms. The van der Waals surface area contributed by atoms with Crippen molar-refractivity contribution >= 4 is 0 Å². The Labute approximate surface area is 118 Å². The number of allylic oxidation sites excluding steroid dienone is 2. The van der Waals surface area contributed by atoms with E-state index < -0.39 is 0 Å². The zero-order valence-electron chi connectivity index (χ0n) is 9.08. The quantitative estimate of drug-likeness (QED) is 0.309. The smallest absolute Gasteiger partial charge is 0.512 e. The topological polar surface area (TPSA) is 23.8 Å². The molecule has 0 aliphatic carbocycles. The van der Waals surface area contributed by atoms with Crippen molar-refractivity contribution < 1.29 is 54.8 Å². The van der Waals surface area contributed by atoms with Crippen LogP contribution in [0.5, 0.6) is 0 Å². The molecule has 0 amide bonds. The normalized spacial score (nSPS) is 4.00. The minimum atomic E-state index is 0. The predicted octanol–water partition coefficient (Wildman–Crippen LogP) is -3.10. The second-order valence-electron chi connectivity index (χ2n) is 1.91. The zero-order valence-corrected chi connectivity index (χ0v) is 10.0. The first kappa shape index (κ1) is 37.6. The molecular weight excluding hydrogens is 200 g/mol. The van der Waals surface area contributed by atoms with Crippen LogP contribution in [0, 0.1) is 25.7 Å². The van der Waals surface area contributed by atoms with Crippen molar-refractivity contribution in [2.75, 3.05) is 0 Å². The zero-order chi connectivity index (χ0) is 9.15. The average molecular weight is 214 g/mol. The second kappa shape index (κ2) is 39.3. The van der Waals surface area contributed by atoms with E-state index in [0.29, 0.717) is 0 Å². The molecule has 13 heavy (non-hydrogen) atoms. The van der Waals surface area contributed by atoms with Crippen molar-refractivity contribution in [3.63, 3.8) is 0 Å². The molecule has 0 N–H and O–H groups in total. The largest absolute Gasteiger partial charge is 1.00 e. The van der Waals surface area contributed by atoms with Gasteiger partial charge in [-0.15, -0.1) is 0 Å². The van der Waals surface area contributed by atoms with Gasteiger partial charge in [-0.05, 0) is 0 Å². The van der Waals surface area contributed by atoms with Gasteiger partial charge in [0.15, 0.2) is 0 Å². The molecule has 0 saturated carbocycles. The fourth-order valence-electron chi connectivity index (χ4n) is 0. The summed E-state index contributed by atoms with van der Waals surface area (Å²) in [5.41, 5.74) is 1.83. The van der Waals surface area contributed by atoms with Gasteiger partial charge < -0.3 is 11.8 Å². The molecule has 0 unspecified atom stereocenters. The van der Waals surface area contributed by atoms with E-state index in [1.54, 1.807) is 0 Å². The maximum Gasteiger partial charge on any atom is 1.00 e. The van der Waals surface area contributed by atoms with E-state index in [-0.39, 0.29) is 54.8 Å². The van der Waals surface area contributed by atoms with Crippen LogP contribution in [0.4, 0.5) is 0 Å². The summed E-state index contributed by atoms with van der Waals surface area (Å²) in [4.78, 5) is 0. The molecule has 0 rings (SSSR count). The van der Waals surface area contributed by atoms with Gasteiger partial charge in [0, 0.05) is 0 Å². The van der Waals surface area contributed by atoms with Gasteiger partial charge in [0.25, 0.3) is 0 Å². The van der Waals surface area contributed by atoms with Crippen LogP contribution in [0.1, 0.15) is 13.8 Å². The maximum absolute atomic E-state index is 6.25. The summed E-state index contributed by atoms with van der Waals surface area (Å²) in [6.07, 6.45) is 0. The van der Waals surface area contributed by atoms with E-state index in [1.807, 2.05) is 13.8 Å². The van der Waals surface area contributed by atoms with E-state index in [9.17, 15) is 0 Å². The van der Waals surface area contributed by atoms with Gasteiger partial charge in [0.05, 0.1) is 0 Å². The molecule has 0 spiro atoms. The number of rotatable bonds is 0. The number of nitrogens with zero attached hydrogens (tertiary/aromatic N) is 1. The predicted molar refractivity (Wildman–Crippen MR) is 45.3 cm³/mol. The molecule has 0 bridgehead atoms. The number of hydrogen-bond acceptors (Lipinski definition) is 1. The molecule has 0 aliphatic heterocycles. The van der Waals surface area contributed by atoms with Crippen molar-refractivity contribution in [1.82, 2.24) is 0 Å². The summed E-state index contributed by atoms with van der Waals surface area (Å²) in [7, 11) is 0. The summed E-state index contributed by atoms with van der Waals surface area (Å²) >= 11 is 0. The molecule has 0 aliphatic rings. The summed E-state index contributed by atoms with van der Waals surface area (Å²) in [5, 5.41) is 6.25. The standard InChI is InChI=1S/2C4H7.CN.Cu.2Li/c2*1-4(2)3;1-2;;;/h2*1-2H2,3H3;;;;/q3*-1;3*+1. The first-order chi connectivity index (χ1) is 4.46. The van der Waals surface area contributed by atoms with Gasteiger partial charge in [0.1, 0.15) is 0 Å². The third-order valence-corrected chi connectivity index (χ3v) is 0. The van der Waals surface area contributed by atoms with E-state index in [1.165, 1.54) is 0 Å². The van der Waals surface area contributed by atoms with Crippen LogP contribution in [0.2, 0.25) is 0 Å². The molecule has 1 nitrogen and oxygen atoms in total. The summed E-state index contributed by atoms with van der Waals surface area (Å²) in [5.74, 6) is 0. The van der Waals surface area contributed by atoms with Gasteiger partial charge in [-0.3, -0.25) is 0 Å². The Kier molecular flexibility index (Phi) is 114. The van der Waals surface area contributed by atoms with Crippen molar-refractivity contribution in [3.8, 4) is 0 Å². The van der Waals surface area contributed by atoms with Crippen molar-refractivity contribution in [2.24, 2.45) is 0 Å². The first-order valence-corrected chi connectivity index (χ1v) is 2.64. The molecule has 0 saturated heterocycles. The fourth-order valence-corrected chi connectivity index (χ4v) is 0. The van der Waals surface area contributed by atoms with Crippen LogP contribution in [-0.4, -0.2) is 0 Å². The van der Waals surface area contributed by atoms with Crippen molar-refractivity contribution in [2.45, 2.75) is 13.8 Å². The monoisotopic (exact) mass is 213 g/mol. The summed E-state index contributed by atoms with van der Waals surface area (Å²) < 4.78 is 0. The van der Waals surface area contributed by atoms with Gasteiger partial charge in [-0.1, -0.05) is 13.8 Å². The molecular formula is C9H14CuLi2N. The molecule has 0 fully saturated rings. The van der Waals surface area contributed by atoms with Gasteiger partial charge in [-0.2, -0.15) is 0 Å². The van der Waals surface area contributed by atoms with E-state index in [0.717, 1.165) is 11.1 Å². The van der Waals surface area contributed by atoms with Gasteiger partial charge >= 0.3 is 54.8 Å². The Morgan fingerprint density at radius 2 is 1.00 bits per heavy atom. The van der Waals surface area contributed by atoms with Gasteiger partial charge in [0.2, 0.25) is 0 Å².